The number of aliphatic hydroxyl groups is 1. The maximum Gasteiger partial charge on any atom is 0.308 e. The summed E-state index contributed by atoms with van der Waals surface area (Å²) in [6, 6.07) is 0. The Labute approximate surface area is 73.7 Å². The van der Waals surface area contributed by atoms with Crippen LogP contribution < -0.4 is 0 Å². The molecule has 1 atom stereocenters. The Hall–Kier alpha value is -0.570. The molecule has 3 nitrogen and oxygen atoms in total. The van der Waals surface area contributed by atoms with Crippen molar-refractivity contribution in [2.24, 2.45) is 0 Å². The number of rotatable bonds is 3. The first-order chi connectivity index (χ1) is 5.35. The maximum absolute atomic E-state index is 11.0. The van der Waals surface area contributed by atoms with Crippen molar-refractivity contribution in [2.45, 2.75) is 52.2 Å². The highest BCUT2D eigenvalue weighted by atomic mass is 16.6. The SMILES string of the molecule is CC[C@H](O)CC(=O)OC(C)(C)C. The molecule has 0 aromatic heterocycles. The van der Waals surface area contributed by atoms with Crippen LogP contribution >= 0.6 is 0 Å². The van der Waals surface area contributed by atoms with E-state index in [0.29, 0.717) is 6.42 Å². The van der Waals surface area contributed by atoms with E-state index in [1.165, 1.54) is 0 Å². The van der Waals surface area contributed by atoms with E-state index in [1.54, 1.807) is 0 Å². The second-order valence-electron chi connectivity index (χ2n) is 3.85. The van der Waals surface area contributed by atoms with Crippen molar-refractivity contribution in [1.82, 2.24) is 0 Å². The summed E-state index contributed by atoms with van der Waals surface area (Å²) in [5.41, 5.74) is -0.454. The topological polar surface area (TPSA) is 46.5 Å². The summed E-state index contributed by atoms with van der Waals surface area (Å²) in [5, 5.41) is 9.12. The molecule has 3 heteroatoms. The predicted octanol–water partition coefficient (Wildman–Crippen LogP) is 1.49. The average molecular weight is 174 g/mol. The zero-order valence-electron chi connectivity index (χ0n) is 8.26. The Bertz CT molecular complexity index is 146. The number of ether oxygens (including phenoxy) is 1. The molecule has 0 rings (SSSR count). The highest BCUT2D eigenvalue weighted by molar-refractivity contribution is 5.70. The van der Waals surface area contributed by atoms with Gasteiger partial charge in [0.15, 0.2) is 0 Å². The van der Waals surface area contributed by atoms with Crippen LogP contribution in [0, 0.1) is 0 Å². The first kappa shape index (κ1) is 11.4. The highest BCUT2D eigenvalue weighted by Crippen LogP contribution is 2.09. The van der Waals surface area contributed by atoms with E-state index in [1.807, 2.05) is 27.7 Å². The first-order valence-electron chi connectivity index (χ1n) is 4.25. The van der Waals surface area contributed by atoms with Gasteiger partial charge in [-0.25, -0.2) is 0 Å². The van der Waals surface area contributed by atoms with Gasteiger partial charge in [0.05, 0.1) is 12.5 Å². The summed E-state index contributed by atoms with van der Waals surface area (Å²) in [7, 11) is 0. The molecule has 0 spiro atoms. The van der Waals surface area contributed by atoms with Gasteiger partial charge >= 0.3 is 5.97 Å². The number of carbonyl (C=O) groups excluding carboxylic acids is 1. The lowest BCUT2D eigenvalue weighted by Gasteiger charge is -2.20. The van der Waals surface area contributed by atoms with E-state index in [0.717, 1.165) is 0 Å². The van der Waals surface area contributed by atoms with E-state index < -0.39 is 11.7 Å². The Kier molecular flexibility index (Phi) is 4.24. The molecule has 1 N–H and O–H groups in total. The lowest BCUT2D eigenvalue weighted by Crippen LogP contribution is -2.26. The number of carbonyl (C=O) groups is 1. The molecular formula is C9H18O3. The lowest BCUT2D eigenvalue weighted by molar-refractivity contribution is -0.157. The molecule has 0 aliphatic carbocycles. The van der Waals surface area contributed by atoms with Crippen molar-refractivity contribution in [3.63, 3.8) is 0 Å². The van der Waals surface area contributed by atoms with Crippen molar-refractivity contribution in [2.75, 3.05) is 0 Å². The third-order valence-electron chi connectivity index (χ3n) is 1.29. The summed E-state index contributed by atoms with van der Waals surface area (Å²) in [4.78, 5) is 11.0. The number of esters is 1. The molecule has 0 aliphatic rings. The van der Waals surface area contributed by atoms with Crippen molar-refractivity contribution in [1.29, 1.82) is 0 Å². The molecule has 0 fully saturated rings. The third-order valence-corrected chi connectivity index (χ3v) is 1.29. The van der Waals surface area contributed by atoms with Crippen molar-refractivity contribution in [3.8, 4) is 0 Å². The lowest BCUT2D eigenvalue weighted by atomic mass is 10.1. The molecule has 12 heavy (non-hydrogen) atoms. The van der Waals surface area contributed by atoms with E-state index >= 15 is 0 Å². The largest absolute Gasteiger partial charge is 0.460 e. The molecule has 0 amide bonds. The van der Waals surface area contributed by atoms with E-state index in [9.17, 15) is 4.79 Å². The fourth-order valence-electron chi connectivity index (χ4n) is 0.720. The summed E-state index contributed by atoms with van der Waals surface area (Å²) in [6.45, 7) is 7.25. The van der Waals surface area contributed by atoms with Gasteiger partial charge in [0.2, 0.25) is 0 Å². The van der Waals surface area contributed by atoms with Gasteiger partial charge in [0, 0.05) is 0 Å². The molecule has 0 saturated carbocycles. The minimum absolute atomic E-state index is 0.0910. The van der Waals surface area contributed by atoms with Crippen LogP contribution in [0.3, 0.4) is 0 Å². The zero-order valence-corrected chi connectivity index (χ0v) is 8.26. The van der Waals surface area contributed by atoms with Crippen LogP contribution in [-0.2, 0) is 9.53 Å². The highest BCUT2D eigenvalue weighted by Gasteiger charge is 2.18. The monoisotopic (exact) mass is 174 g/mol. The Morgan fingerprint density at radius 2 is 2.00 bits per heavy atom. The van der Waals surface area contributed by atoms with Crippen LogP contribution in [0.4, 0.5) is 0 Å². The van der Waals surface area contributed by atoms with Gasteiger partial charge in [-0.15, -0.1) is 0 Å². The number of hydrogen-bond donors (Lipinski definition) is 1. The molecule has 0 radical (unpaired) electrons. The zero-order chi connectivity index (χ0) is 9.78. The molecular weight excluding hydrogens is 156 g/mol. The van der Waals surface area contributed by atoms with Gasteiger partial charge in [0.25, 0.3) is 0 Å². The molecule has 0 unspecified atom stereocenters. The predicted molar refractivity (Wildman–Crippen MR) is 46.8 cm³/mol. The quantitative estimate of drug-likeness (QED) is 0.659. The van der Waals surface area contributed by atoms with Crippen molar-refractivity contribution in [3.05, 3.63) is 0 Å². The van der Waals surface area contributed by atoms with Crippen LogP contribution in [0.2, 0.25) is 0 Å². The van der Waals surface area contributed by atoms with Crippen LogP contribution in [0.15, 0.2) is 0 Å². The van der Waals surface area contributed by atoms with Crippen LogP contribution in [-0.4, -0.2) is 22.8 Å². The Morgan fingerprint density at radius 1 is 1.50 bits per heavy atom. The van der Waals surface area contributed by atoms with E-state index in [-0.39, 0.29) is 12.4 Å². The molecule has 72 valence electrons. The maximum atomic E-state index is 11.0. The van der Waals surface area contributed by atoms with Crippen molar-refractivity contribution >= 4 is 5.97 Å². The molecule has 0 saturated heterocycles. The van der Waals surface area contributed by atoms with Crippen LogP contribution in [0.1, 0.15) is 40.5 Å². The van der Waals surface area contributed by atoms with E-state index in [2.05, 4.69) is 0 Å². The first-order valence-corrected chi connectivity index (χ1v) is 4.25. The number of aliphatic hydroxyl groups excluding tert-OH is 1. The van der Waals surface area contributed by atoms with Gasteiger partial charge in [-0.1, -0.05) is 6.92 Å². The smallest absolute Gasteiger partial charge is 0.308 e. The van der Waals surface area contributed by atoms with Crippen LogP contribution in [0.25, 0.3) is 0 Å². The van der Waals surface area contributed by atoms with Crippen molar-refractivity contribution < 1.29 is 14.6 Å². The fourth-order valence-corrected chi connectivity index (χ4v) is 0.720. The molecule has 0 heterocycles. The molecule has 0 bridgehead atoms. The summed E-state index contributed by atoms with van der Waals surface area (Å²) in [5.74, 6) is -0.336. The van der Waals surface area contributed by atoms with Gasteiger partial charge in [-0.2, -0.15) is 0 Å². The minimum atomic E-state index is -0.570. The van der Waals surface area contributed by atoms with Gasteiger partial charge in [0.1, 0.15) is 5.60 Å². The normalized spacial score (nSPS) is 14.1. The second-order valence-corrected chi connectivity index (χ2v) is 3.85. The third kappa shape index (κ3) is 6.16. The molecule has 0 aromatic rings. The second kappa shape index (κ2) is 4.45. The standard InChI is InChI=1S/C9H18O3/c1-5-7(10)6-8(11)12-9(2,3)4/h7,10H,5-6H2,1-4H3/t7-/m0/s1. The van der Waals surface area contributed by atoms with Gasteiger partial charge < -0.3 is 9.84 Å². The summed E-state index contributed by atoms with van der Waals surface area (Å²) >= 11 is 0. The average Bonchev–Trinajstić information content (AvgIpc) is 1.82. The van der Waals surface area contributed by atoms with E-state index in [4.69, 9.17) is 9.84 Å². The number of hydrogen-bond acceptors (Lipinski definition) is 3. The van der Waals surface area contributed by atoms with Gasteiger partial charge in [-0.3, -0.25) is 4.79 Å². The Morgan fingerprint density at radius 3 is 2.33 bits per heavy atom. The summed E-state index contributed by atoms with van der Waals surface area (Å²) < 4.78 is 5.01. The minimum Gasteiger partial charge on any atom is -0.460 e. The van der Waals surface area contributed by atoms with Crippen LogP contribution in [0.5, 0.6) is 0 Å². The fraction of sp³-hybridized carbons (Fsp3) is 0.889. The van der Waals surface area contributed by atoms with Gasteiger partial charge in [-0.05, 0) is 27.2 Å². The Balaban J connectivity index is 3.75. The molecule has 0 aromatic carbocycles. The summed E-state index contributed by atoms with van der Waals surface area (Å²) in [6.07, 6.45) is 0.104. The molecule has 0 aliphatic heterocycles.